The summed E-state index contributed by atoms with van der Waals surface area (Å²) in [5.41, 5.74) is -1.14. The topological polar surface area (TPSA) is 110 Å². The van der Waals surface area contributed by atoms with Crippen molar-refractivity contribution in [2.75, 3.05) is 18.1 Å². The summed E-state index contributed by atoms with van der Waals surface area (Å²) >= 11 is 11.7. The zero-order valence-corrected chi connectivity index (χ0v) is 20.5. The molecule has 0 aliphatic heterocycles. The highest BCUT2D eigenvalue weighted by molar-refractivity contribution is 7.99. The molecule has 0 aliphatic carbocycles. The van der Waals surface area contributed by atoms with Gasteiger partial charge in [-0.05, 0) is 21.9 Å². The highest BCUT2D eigenvalue weighted by Gasteiger charge is 2.44. The molecule has 0 amide bonds. The van der Waals surface area contributed by atoms with E-state index in [1.807, 2.05) is 0 Å². The molecule has 35 heavy (non-hydrogen) atoms. The van der Waals surface area contributed by atoms with Crippen LogP contribution in [0, 0.1) is 12.1 Å². The maximum absolute atomic E-state index is 13.6. The smallest absolute Gasteiger partial charge is 0.418 e. The van der Waals surface area contributed by atoms with Crippen molar-refractivity contribution in [3.63, 3.8) is 0 Å². The molecule has 3 rings (SSSR count). The van der Waals surface area contributed by atoms with E-state index in [0.29, 0.717) is 10.8 Å². The van der Waals surface area contributed by atoms with Crippen LogP contribution in [0.25, 0.3) is 0 Å². The van der Waals surface area contributed by atoms with Gasteiger partial charge < -0.3 is 15.1 Å². The Bertz CT molecular complexity index is 1300. The lowest BCUT2D eigenvalue weighted by Crippen LogP contribution is -2.39. The van der Waals surface area contributed by atoms with Crippen LogP contribution in [0.2, 0.25) is 10.0 Å². The fourth-order valence-corrected chi connectivity index (χ4v) is 5.02. The Labute approximate surface area is 209 Å². The summed E-state index contributed by atoms with van der Waals surface area (Å²) in [5.74, 6) is 0. The number of anilines is 1. The van der Waals surface area contributed by atoms with Gasteiger partial charge in [0.25, 0.3) is 0 Å². The van der Waals surface area contributed by atoms with Gasteiger partial charge in [0.05, 0.1) is 15.6 Å². The molecule has 3 aromatic rings. The van der Waals surface area contributed by atoms with Crippen molar-refractivity contribution in [2.24, 2.45) is 0 Å². The van der Waals surface area contributed by atoms with E-state index in [9.17, 15) is 32.2 Å². The molecule has 0 bridgehead atoms. The van der Waals surface area contributed by atoms with Gasteiger partial charge in [-0.3, -0.25) is 4.98 Å². The lowest BCUT2D eigenvalue weighted by atomic mass is 10.1. The number of alkyl halides is 3. The molecule has 188 valence electrons. The first-order valence-electron chi connectivity index (χ1n) is 9.70. The third kappa shape index (κ3) is 5.68. The van der Waals surface area contributed by atoms with Crippen LogP contribution in [0.5, 0.6) is 0 Å². The molecule has 0 fully saturated rings. The maximum Gasteiger partial charge on any atom is 0.418 e. The van der Waals surface area contributed by atoms with Crippen molar-refractivity contribution in [3.8, 4) is 0 Å². The Hall–Kier alpha value is -2.48. The van der Waals surface area contributed by atoms with Gasteiger partial charge in [0, 0.05) is 44.5 Å². The van der Waals surface area contributed by atoms with Crippen LogP contribution in [-0.4, -0.2) is 28.5 Å². The zero-order valence-electron chi connectivity index (χ0n) is 18.2. The minimum absolute atomic E-state index is 0.0148. The van der Waals surface area contributed by atoms with Gasteiger partial charge >= 0.3 is 16.6 Å². The van der Waals surface area contributed by atoms with E-state index < -0.39 is 44.9 Å². The Kier molecular flexibility index (Phi) is 7.94. The van der Waals surface area contributed by atoms with Crippen molar-refractivity contribution >= 4 is 39.3 Å². The standard InChI is InChI=1S/C21H18Cl2F3N3O5S/c1-12-7-13(5-6-28(12)31)20(30)19-18(8-14(22)10-27-19)29(11-34-2)35(32,33)15-3-4-17(23)16(9-15)21(24,25)26/h3-10,20,30H,11H2,1-2H3/p+1. The van der Waals surface area contributed by atoms with Crippen LogP contribution in [0.4, 0.5) is 18.9 Å². The van der Waals surface area contributed by atoms with Gasteiger partial charge in [-0.15, -0.1) is 4.31 Å². The summed E-state index contributed by atoms with van der Waals surface area (Å²) < 4.78 is 71.1. The van der Waals surface area contributed by atoms with Crippen molar-refractivity contribution in [1.29, 1.82) is 0 Å². The summed E-state index contributed by atoms with van der Waals surface area (Å²) in [5, 5.41) is 22.0. The largest absolute Gasteiger partial charge is 0.619 e. The fourth-order valence-electron chi connectivity index (χ4n) is 3.21. The van der Waals surface area contributed by atoms with Crippen LogP contribution in [0.15, 0.2) is 53.7 Å². The molecule has 1 aromatic carbocycles. The number of benzene rings is 1. The Morgan fingerprint density at radius 1 is 1.26 bits per heavy atom. The van der Waals surface area contributed by atoms with E-state index in [2.05, 4.69) is 4.98 Å². The molecule has 14 heteroatoms. The van der Waals surface area contributed by atoms with Crippen molar-refractivity contribution in [3.05, 3.63) is 86.6 Å². The Morgan fingerprint density at radius 3 is 2.54 bits per heavy atom. The third-order valence-corrected chi connectivity index (χ3v) is 7.23. The maximum atomic E-state index is 13.6. The number of hydrogen-bond donors (Lipinski definition) is 2. The summed E-state index contributed by atoms with van der Waals surface area (Å²) in [4.78, 5) is 3.47. The first-order chi connectivity index (χ1) is 16.3. The Balaban J connectivity index is 2.18. The number of methoxy groups -OCH3 is 1. The third-order valence-electron chi connectivity index (χ3n) is 4.93. The van der Waals surface area contributed by atoms with E-state index >= 15 is 0 Å². The number of aliphatic hydroxyl groups excluding tert-OH is 1. The second-order valence-electron chi connectivity index (χ2n) is 7.32. The molecule has 0 aliphatic rings. The molecule has 2 atom stereocenters. The monoisotopic (exact) mass is 552 g/mol. The number of aryl methyl sites for hydroxylation is 1. The van der Waals surface area contributed by atoms with Crippen LogP contribution in [0.3, 0.4) is 0 Å². The molecule has 0 spiro atoms. The predicted molar refractivity (Wildman–Crippen MR) is 123 cm³/mol. The molecule has 0 saturated heterocycles. The van der Waals surface area contributed by atoms with Crippen molar-refractivity contribution in [1.82, 2.24) is 4.98 Å². The lowest BCUT2D eigenvalue weighted by molar-refractivity contribution is -0.612. The lowest BCUT2D eigenvalue weighted by Gasteiger charge is -2.25. The van der Waals surface area contributed by atoms with Gasteiger partial charge in [0.2, 0.25) is 4.90 Å². The number of nitrogens with zero attached hydrogens (tertiary/aromatic N) is 3. The van der Waals surface area contributed by atoms with E-state index in [1.54, 1.807) is 0 Å². The quantitative estimate of drug-likeness (QED) is 0.189. The van der Waals surface area contributed by atoms with Crippen LogP contribution >= 0.6 is 23.2 Å². The van der Waals surface area contributed by atoms with E-state index in [0.717, 1.165) is 22.6 Å². The Morgan fingerprint density at radius 2 is 1.94 bits per heavy atom. The van der Waals surface area contributed by atoms with Gasteiger partial charge in [0.1, 0.15) is 17.5 Å². The van der Waals surface area contributed by atoms with E-state index in [-0.39, 0.29) is 27.7 Å². The first kappa shape index (κ1) is 27.1. The van der Waals surface area contributed by atoms with E-state index in [1.165, 1.54) is 38.4 Å². The van der Waals surface area contributed by atoms with Crippen molar-refractivity contribution in [2.45, 2.75) is 24.1 Å². The SMILES string of the molecule is COCN(c1cc(Cl)cnc1C(O)c1cc[n+]([O-])c(C)c1)[S+](=O)(O)c1ccc(Cl)c(C(F)(F)F)c1. The van der Waals surface area contributed by atoms with Gasteiger partial charge in [0.15, 0.2) is 18.6 Å². The number of halogens is 5. The highest BCUT2D eigenvalue weighted by atomic mass is 35.5. The van der Waals surface area contributed by atoms with Crippen LogP contribution in [0.1, 0.15) is 28.6 Å². The number of rotatable bonds is 7. The molecular weight excluding hydrogens is 534 g/mol. The molecule has 2 aromatic heterocycles. The second kappa shape index (κ2) is 10.2. The molecule has 0 saturated carbocycles. The zero-order chi connectivity index (χ0) is 26.1. The molecule has 2 heterocycles. The molecule has 8 nitrogen and oxygen atoms in total. The first-order valence-corrected chi connectivity index (χ1v) is 11.9. The normalized spacial score (nSPS) is 14.4. The number of ether oxygens (including phenoxy) is 1. The fraction of sp³-hybridized carbons (Fsp3) is 0.238. The highest BCUT2D eigenvalue weighted by Crippen LogP contribution is 2.40. The molecular formula is C21H19Cl2F3N3O5S+. The number of aliphatic hydroxyl groups is 1. The van der Waals surface area contributed by atoms with Crippen LogP contribution < -0.4 is 9.04 Å². The molecule has 2 unspecified atom stereocenters. The summed E-state index contributed by atoms with van der Waals surface area (Å²) in [6.07, 6.45) is -4.02. The molecule has 0 radical (unpaired) electrons. The average Bonchev–Trinajstić information content (AvgIpc) is 2.78. The number of pyridine rings is 2. The average molecular weight is 553 g/mol. The van der Waals surface area contributed by atoms with Crippen molar-refractivity contribution < 1.29 is 36.5 Å². The summed E-state index contributed by atoms with van der Waals surface area (Å²) in [6.45, 7) is 0.922. The molecule has 2 N–H and O–H groups in total. The van der Waals surface area contributed by atoms with Crippen LogP contribution in [-0.2, 0) is 25.5 Å². The number of hydrogen-bond acceptors (Lipinski definition) is 5. The minimum atomic E-state index is -4.88. The second-order valence-corrected chi connectivity index (χ2v) is 10.1. The van der Waals surface area contributed by atoms with Gasteiger partial charge in [-0.25, -0.2) is 0 Å². The number of aromatic nitrogens is 2. The van der Waals surface area contributed by atoms with Gasteiger partial charge in [-0.2, -0.15) is 22.5 Å². The minimum Gasteiger partial charge on any atom is -0.619 e. The van der Waals surface area contributed by atoms with Gasteiger partial charge in [-0.1, -0.05) is 23.2 Å². The summed E-state index contributed by atoms with van der Waals surface area (Å²) in [6, 6.07) is 6.24. The summed E-state index contributed by atoms with van der Waals surface area (Å²) in [7, 11) is -3.25. The van der Waals surface area contributed by atoms with E-state index in [4.69, 9.17) is 27.9 Å². The predicted octanol–water partition coefficient (Wildman–Crippen LogP) is 4.79.